The number of ether oxygens (including phenoxy) is 1. The quantitative estimate of drug-likeness (QED) is 0.670. The van der Waals surface area contributed by atoms with Crippen LogP contribution in [0.25, 0.3) is 10.3 Å². The van der Waals surface area contributed by atoms with Crippen molar-refractivity contribution in [3.63, 3.8) is 0 Å². The van der Waals surface area contributed by atoms with Gasteiger partial charge in [0, 0.05) is 6.20 Å². The number of thiazole rings is 1. The molecule has 0 aliphatic carbocycles. The zero-order chi connectivity index (χ0) is 10.1. The summed E-state index contributed by atoms with van der Waals surface area (Å²) in [7, 11) is 1.34. The maximum Gasteiger partial charge on any atom is 0.367 e. The number of pyridine rings is 1. The van der Waals surface area contributed by atoms with Gasteiger partial charge in [-0.3, -0.25) is 0 Å². The fourth-order valence-corrected chi connectivity index (χ4v) is 2.04. The number of rotatable bonds is 1. The average Bonchev–Trinajstić information content (AvgIpc) is 2.62. The lowest BCUT2D eigenvalue weighted by molar-refractivity contribution is 0.0600. The van der Waals surface area contributed by atoms with E-state index in [1.165, 1.54) is 18.4 Å². The SMILES string of the molecule is COC(=O)c1nc2nccc(C)c2s1. The van der Waals surface area contributed by atoms with Crippen LogP contribution in [0.3, 0.4) is 0 Å². The minimum Gasteiger partial charge on any atom is -0.464 e. The number of hydrogen-bond acceptors (Lipinski definition) is 5. The number of carbonyl (C=O) groups is 1. The molecule has 2 aromatic rings. The Morgan fingerprint density at radius 3 is 3.00 bits per heavy atom. The van der Waals surface area contributed by atoms with Gasteiger partial charge in [-0.15, -0.1) is 11.3 Å². The van der Waals surface area contributed by atoms with Crippen LogP contribution in [0.5, 0.6) is 0 Å². The third-order valence-electron chi connectivity index (χ3n) is 1.85. The van der Waals surface area contributed by atoms with Crippen molar-refractivity contribution in [1.29, 1.82) is 0 Å². The smallest absolute Gasteiger partial charge is 0.367 e. The van der Waals surface area contributed by atoms with Gasteiger partial charge in [-0.1, -0.05) is 0 Å². The second kappa shape index (κ2) is 3.34. The van der Waals surface area contributed by atoms with E-state index in [2.05, 4.69) is 14.7 Å². The molecular formula is C9H8N2O2S. The van der Waals surface area contributed by atoms with Crippen molar-refractivity contribution >= 4 is 27.7 Å². The maximum absolute atomic E-state index is 11.2. The number of fused-ring (bicyclic) bond motifs is 1. The van der Waals surface area contributed by atoms with Crippen LogP contribution >= 0.6 is 11.3 Å². The Morgan fingerprint density at radius 1 is 1.57 bits per heavy atom. The summed E-state index contributed by atoms with van der Waals surface area (Å²) in [5.74, 6) is -0.410. The molecule has 5 heteroatoms. The molecule has 0 amide bonds. The topological polar surface area (TPSA) is 52.1 Å². The van der Waals surface area contributed by atoms with Crippen molar-refractivity contribution in [2.45, 2.75) is 6.92 Å². The fraction of sp³-hybridized carbons (Fsp3) is 0.222. The van der Waals surface area contributed by atoms with Crippen molar-refractivity contribution in [2.24, 2.45) is 0 Å². The van der Waals surface area contributed by atoms with Gasteiger partial charge in [-0.05, 0) is 18.6 Å². The van der Waals surface area contributed by atoms with Gasteiger partial charge in [0.1, 0.15) is 0 Å². The van der Waals surface area contributed by atoms with Crippen LogP contribution in [0.4, 0.5) is 0 Å². The van der Waals surface area contributed by atoms with Crippen molar-refractivity contribution in [1.82, 2.24) is 9.97 Å². The van der Waals surface area contributed by atoms with Crippen LogP contribution in [-0.2, 0) is 4.74 Å². The Hall–Kier alpha value is -1.49. The van der Waals surface area contributed by atoms with E-state index in [1.54, 1.807) is 6.20 Å². The van der Waals surface area contributed by atoms with E-state index >= 15 is 0 Å². The Kier molecular flexibility index (Phi) is 2.17. The van der Waals surface area contributed by atoms with Gasteiger partial charge in [-0.25, -0.2) is 14.8 Å². The summed E-state index contributed by atoms with van der Waals surface area (Å²) in [4.78, 5) is 19.3. The van der Waals surface area contributed by atoms with E-state index < -0.39 is 5.97 Å². The first kappa shape index (κ1) is 9.08. The Balaban J connectivity index is 2.62. The molecule has 0 fully saturated rings. The molecule has 0 spiro atoms. The van der Waals surface area contributed by atoms with Gasteiger partial charge in [0.05, 0.1) is 11.8 Å². The highest BCUT2D eigenvalue weighted by atomic mass is 32.1. The first-order valence-electron chi connectivity index (χ1n) is 4.03. The van der Waals surface area contributed by atoms with Crippen molar-refractivity contribution in [3.8, 4) is 0 Å². The third kappa shape index (κ3) is 1.35. The molecule has 0 saturated carbocycles. The van der Waals surface area contributed by atoms with Gasteiger partial charge in [0.2, 0.25) is 5.01 Å². The molecule has 4 nitrogen and oxygen atoms in total. The summed E-state index contributed by atoms with van der Waals surface area (Å²) in [6.07, 6.45) is 1.68. The highest BCUT2D eigenvalue weighted by Crippen LogP contribution is 2.23. The van der Waals surface area contributed by atoms with Crippen LogP contribution in [0.1, 0.15) is 15.4 Å². The number of aromatic nitrogens is 2. The van der Waals surface area contributed by atoms with E-state index in [0.717, 1.165) is 10.3 Å². The number of methoxy groups -OCH3 is 1. The van der Waals surface area contributed by atoms with Crippen LogP contribution in [-0.4, -0.2) is 23.0 Å². The minimum atomic E-state index is -0.410. The molecule has 72 valence electrons. The van der Waals surface area contributed by atoms with Gasteiger partial charge in [-0.2, -0.15) is 0 Å². The molecule has 2 aromatic heterocycles. The summed E-state index contributed by atoms with van der Waals surface area (Å²) in [5, 5.41) is 0.351. The number of esters is 1. The molecule has 0 radical (unpaired) electrons. The summed E-state index contributed by atoms with van der Waals surface area (Å²) in [6.45, 7) is 1.96. The van der Waals surface area contributed by atoms with Crippen molar-refractivity contribution < 1.29 is 9.53 Å². The fourth-order valence-electron chi connectivity index (χ4n) is 1.13. The second-order valence-electron chi connectivity index (χ2n) is 2.79. The minimum absolute atomic E-state index is 0.351. The highest BCUT2D eigenvalue weighted by Gasteiger charge is 2.13. The number of aryl methyl sites for hydroxylation is 1. The van der Waals surface area contributed by atoms with Crippen molar-refractivity contribution in [3.05, 3.63) is 22.8 Å². The molecular weight excluding hydrogens is 200 g/mol. The molecule has 2 heterocycles. The Morgan fingerprint density at radius 2 is 2.36 bits per heavy atom. The number of nitrogens with zero attached hydrogens (tertiary/aromatic N) is 2. The lowest BCUT2D eigenvalue weighted by Crippen LogP contribution is -1.99. The van der Waals surface area contributed by atoms with Gasteiger partial charge in [0.25, 0.3) is 0 Å². The molecule has 0 atom stereocenters. The maximum atomic E-state index is 11.2. The number of hydrogen-bond donors (Lipinski definition) is 0. The lowest BCUT2D eigenvalue weighted by Gasteiger charge is -1.89. The summed E-state index contributed by atoms with van der Waals surface area (Å²) >= 11 is 1.31. The van der Waals surface area contributed by atoms with Crippen molar-refractivity contribution in [2.75, 3.05) is 7.11 Å². The van der Waals surface area contributed by atoms with E-state index in [9.17, 15) is 4.79 Å². The summed E-state index contributed by atoms with van der Waals surface area (Å²) in [5.41, 5.74) is 1.68. The Bertz CT molecular complexity index is 493. The average molecular weight is 208 g/mol. The molecule has 0 bridgehead atoms. The largest absolute Gasteiger partial charge is 0.464 e. The predicted octanol–water partition coefficient (Wildman–Crippen LogP) is 1.79. The molecule has 0 N–H and O–H groups in total. The molecule has 0 aliphatic rings. The zero-order valence-corrected chi connectivity index (χ0v) is 8.59. The van der Waals surface area contributed by atoms with Crippen LogP contribution in [0.2, 0.25) is 0 Å². The zero-order valence-electron chi connectivity index (χ0n) is 7.77. The summed E-state index contributed by atoms with van der Waals surface area (Å²) < 4.78 is 5.52. The molecule has 0 aromatic carbocycles. The van der Waals surface area contributed by atoms with Crippen LogP contribution in [0, 0.1) is 6.92 Å². The first-order valence-corrected chi connectivity index (χ1v) is 4.84. The molecule has 2 rings (SSSR count). The van der Waals surface area contributed by atoms with Crippen LogP contribution in [0.15, 0.2) is 12.3 Å². The Labute approximate surface area is 84.6 Å². The normalized spacial score (nSPS) is 10.4. The molecule has 0 saturated heterocycles. The number of carbonyl (C=O) groups excluding carboxylic acids is 1. The third-order valence-corrected chi connectivity index (χ3v) is 3.01. The first-order chi connectivity index (χ1) is 6.72. The lowest BCUT2D eigenvalue weighted by atomic mass is 10.3. The highest BCUT2D eigenvalue weighted by molar-refractivity contribution is 7.20. The second-order valence-corrected chi connectivity index (χ2v) is 3.79. The van der Waals surface area contributed by atoms with E-state index in [1.807, 2.05) is 13.0 Å². The predicted molar refractivity (Wildman–Crippen MR) is 53.5 cm³/mol. The molecule has 14 heavy (non-hydrogen) atoms. The van der Waals surface area contributed by atoms with Crippen LogP contribution < -0.4 is 0 Å². The van der Waals surface area contributed by atoms with E-state index in [4.69, 9.17) is 0 Å². The van der Waals surface area contributed by atoms with Gasteiger partial charge in [0.15, 0.2) is 5.65 Å². The van der Waals surface area contributed by atoms with E-state index in [-0.39, 0.29) is 0 Å². The molecule has 0 unspecified atom stereocenters. The molecule has 0 aliphatic heterocycles. The van der Waals surface area contributed by atoms with Gasteiger partial charge >= 0.3 is 5.97 Å². The standard InChI is InChI=1S/C9H8N2O2S/c1-5-3-4-10-7-6(5)14-8(11-7)9(12)13-2/h3-4H,1-2H3. The van der Waals surface area contributed by atoms with Gasteiger partial charge < -0.3 is 4.74 Å². The monoisotopic (exact) mass is 208 g/mol. The summed E-state index contributed by atoms with van der Waals surface area (Å²) in [6, 6.07) is 1.89. The van der Waals surface area contributed by atoms with E-state index in [0.29, 0.717) is 10.7 Å².